The molecule has 210 valence electrons. The number of benzene rings is 3. The number of ether oxygens (including phenoxy) is 4. The standard InChI is InChI=1S/C31H28N2O8/c1-37-23-8-11-26(39-3)19(16-23)5-13-29(34)32-22-7-10-28-21(15-22)18-25(31(36)41-28)33-30(35)14-6-20-17-24(38-2)9-12-27(20)40-4/h5-18H,1-4H3,(H,32,34)(H,33,35)/b13-5+,14-6+. The summed E-state index contributed by atoms with van der Waals surface area (Å²) in [7, 11) is 6.15. The predicted octanol–water partition coefficient (Wildman–Crippen LogP) is 5.13. The highest BCUT2D eigenvalue weighted by Crippen LogP contribution is 2.26. The van der Waals surface area contributed by atoms with E-state index >= 15 is 0 Å². The summed E-state index contributed by atoms with van der Waals surface area (Å²) in [6.07, 6.45) is 5.78. The number of methoxy groups -OCH3 is 4. The molecule has 41 heavy (non-hydrogen) atoms. The van der Waals surface area contributed by atoms with Gasteiger partial charge in [0.25, 0.3) is 0 Å². The molecule has 0 spiro atoms. The van der Waals surface area contributed by atoms with E-state index < -0.39 is 17.4 Å². The van der Waals surface area contributed by atoms with E-state index in [9.17, 15) is 14.4 Å². The van der Waals surface area contributed by atoms with Crippen LogP contribution < -0.4 is 35.2 Å². The molecule has 0 unspecified atom stereocenters. The summed E-state index contributed by atoms with van der Waals surface area (Å²) in [6.45, 7) is 0. The predicted molar refractivity (Wildman–Crippen MR) is 157 cm³/mol. The number of carbonyl (C=O) groups excluding carboxylic acids is 2. The quantitative estimate of drug-likeness (QED) is 0.203. The van der Waals surface area contributed by atoms with E-state index in [0.717, 1.165) is 0 Å². The Labute approximate surface area is 235 Å². The van der Waals surface area contributed by atoms with Gasteiger partial charge in [0.05, 0.1) is 28.4 Å². The molecule has 1 heterocycles. The molecular formula is C31H28N2O8. The summed E-state index contributed by atoms with van der Waals surface area (Å²) >= 11 is 0. The molecule has 3 aromatic carbocycles. The van der Waals surface area contributed by atoms with Crippen molar-refractivity contribution < 1.29 is 33.0 Å². The number of carbonyl (C=O) groups is 2. The van der Waals surface area contributed by atoms with Crippen LogP contribution in [0.3, 0.4) is 0 Å². The Morgan fingerprint density at radius 2 is 1.24 bits per heavy atom. The zero-order valence-electron chi connectivity index (χ0n) is 22.8. The van der Waals surface area contributed by atoms with Crippen molar-refractivity contribution in [3.05, 3.63) is 94.4 Å². The average molecular weight is 557 g/mol. The third-order valence-electron chi connectivity index (χ3n) is 5.96. The summed E-state index contributed by atoms with van der Waals surface area (Å²) in [6, 6.07) is 16.7. The van der Waals surface area contributed by atoms with E-state index in [1.807, 2.05) is 0 Å². The lowest BCUT2D eigenvalue weighted by Gasteiger charge is -2.08. The van der Waals surface area contributed by atoms with Crippen molar-refractivity contribution in [2.45, 2.75) is 0 Å². The van der Waals surface area contributed by atoms with Gasteiger partial charge in [-0.25, -0.2) is 4.79 Å². The summed E-state index contributed by atoms with van der Waals surface area (Å²) in [4.78, 5) is 37.6. The van der Waals surface area contributed by atoms with E-state index in [0.29, 0.717) is 50.8 Å². The molecule has 2 N–H and O–H groups in total. The maximum absolute atomic E-state index is 12.6. The third kappa shape index (κ3) is 7.12. The van der Waals surface area contributed by atoms with Crippen LogP contribution in [-0.4, -0.2) is 40.3 Å². The zero-order valence-corrected chi connectivity index (χ0v) is 22.8. The molecule has 10 nitrogen and oxygen atoms in total. The molecule has 0 bridgehead atoms. The van der Waals surface area contributed by atoms with Gasteiger partial charge in [-0.05, 0) is 72.8 Å². The van der Waals surface area contributed by atoms with Gasteiger partial charge in [-0.2, -0.15) is 0 Å². The maximum atomic E-state index is 12.6. The van der Waals surface area contributed by atoms with Crippen LogP contribution in [-0.2, 0) is 9.59 Å². The van der Waals surface area contributed by atoms with Crippen molar-refractivity contribution in [3.8, 4) is 23.0 Å². The minimum Gasteiger partial charge on any atom is -0.497 e. The third-order valence-corrected chi connectivity index (χ3v) is 5.96. The van der Waals surface area contributed by atoms with Gasteiger partial charge in [-0.1, -0.05) is 0 Å². The number of anilines is 2. The first-order chi connectivity index (χ1) is 19.8. The molecule has 4 rings (SSSR count). The smallest absolute Gasteiger partial charge is 0.360 e. The van der Waals surface area contributed by atoms with Gasteiger partial charge >= 0.3 is 5.63 Å². The van der Waals surface area contributed by atoms with E-state index in [1.54, 1.807) is 73.9 Å². The number of rotatable bonds is 10. The fourth-order valence-electron chi connectivity index (χ4n) is 3.92. The Hall–Kier alpha value is -5.51. The number of amides is 2. The van der Waals surface area contributed by atoms with Crippen molar-refractivity contribution in [1.82, 2.24) is 0 Å². The minimum atomic E-state index is -0.717. The normalized spacial score (nSPS) is 11.0. The van der Waals surface area contributed by atoms with Gasteiger partial charge in [-0.15, -0.1) is 0 Å². The van der Waals surface area contributed by atoms with Crippen molar-refractivity contribution in [1.29, 1.82) is 0 Å². The van der Waals surface area contributed by atoms with Gasteiger partial charge in [-0.3, -0.25) is 9.59 Å². The molecule has 0 aliphatic carbocycles. The Bertz CT molecular complexity index is 1700. The van der Waals surface area contributed by atoms with Crippen LogP contribution in [0.4, 0.5) is 11.4 Å². The Kier molecular flexibility index (Phi) is 9.06. The van der Waals surface area contributed by atoms with Crippen LogP contribution in [0.15, 0.2) is 82.0 Å². The van der Waals surface area contributed by atoms with Gasteiger partial charge < -0.3 is 34.0 Å². The largest absolute Gasteiger partial charge is 0.497 e. The second-order valence-electron chi connectivity index (χ2n) is 8.56. The highest BCUT2D eigenvalue weighted by atomic mass is 16.5. The summed E-state index contributed by atoms with van der Waals surface area (Å²) in [5, 5.41) is 5.79. The van der Waals surface area contributed by atoms with Crippen LogP contribution in [0.1, 0.15) is 11.1 Å². The molecule has 0 saturated carbocycles. The van der Waals surface area contributed by atoms with Crippen LogP contribution >= 0.6 is 0 Å². The van der Waals surface area contributed by atoms with E-state index in [4.69, 9.17) is 23.4 Å². The average Bonchev–Trinajstić information content (AvgIpc) is 2.99. The molecule has 0 saturated heterocycles. The second kappa shape index (κ2) is 13.0. The van der Waals surface area contributed by atoms with Gasteiger partial charge in [0.15, 0.2) is 0 Å². The van der Waals surface area contributed by atoms with Crippen LogP contribution in [0.25, 0.3) is 23.1 Å². The molecule has 1 aromatic heterocycles. The fourth-order valence-corrected chi connectivity index (χ4v) is 3.92. The molecule has 2 amide bonds. The van der Waals surface area contributed by atoms with Crippen LogP contribution in [0, 0.1) is 0 Å². The lowest BCUT2D eigenvalue weighted by Crippen LogP contribution is -2.15. The fraction of sp³-hybridized carbons (Fsp3) is 0.129. The lowest BCUT2D eigenvalue weighted by atomic mass is 10.1. The van der Waals surface area contributed by atoms with E-state index in [1.165, 1.54) is 39.5 Å². The number of hydrogen-bond acceptors (Lipinski definition) is 8. The number of nitrogens with one attached hydrogen (secondary N) is 2. The molecule has 4 aromatic rings. The van der Waals surface area contributed by atoms with Crippen LogP contribution in [0.2, 0.25) is 0 Å². The summed E-state index contributed by atoms with van der Waals surface area (Å²) in [5.74, 6) is 1.41. The first kappa shape index (κ1) is 28.5. The molecular weight excluding hydrogens is 528 g/mol. The SMILES string of the molecule is COc1ccc(OC)c(/C=C/C(=O)Nc2ccc3oc(=O)c(NC(=O)/C=C/c4cc(OC)ccc4OC)cc3c2)c1. The number of hydrogen-bond donors (Lipinski definition) is 2. The number of fused-ring (bicyclic) bond motifs is 1. The summed E-state index contributed by atoms with van der Waals surface area (Å²) in [5.41, 5.74) is 1.26. The van der Waals surface area contributed by atoms with Crippen molar-refractivity contribution in [3.63, 3.8) is 0 Å². The molecule has 0 fully saturated rings. The van der Waals surface area contributed by atoms with Gasteiger partial charge in [0.2, 0.25) is 11.8 Å². The van der Waals surface area contributed by atoms with Crippen molar-refractivity contribution in [2.75, 3.05) is 39.1 Å². The molecule has 0 aliphatic rings. The highest BCUT2D eigenvalue weighted by molar-refractivity contribution is 6.04. The zero-order chi connectivity index (χ0) is 29.4. The molecule has 0 aliphatic heterocycles. The monoisotopic (exact) mass is 556 g/mol. The molecule has 0 atom stereocenters. The first-order valence-electron chi connectivity index (χ1n) is 12.3. The Balaban J connectivity index is 1.49. The first-order valence-corrected chi connectivity index (χ1v) is 12.3. The Morgan fingerprint density at radius 3 is 1.78 bits per heavy atom. The van der Waals surface area contributed by atoms with Gasteiger partial charge in [0, 0.05) is 34.4 Å². The van der Waals surface area contributed by atoms with Crippen molar-refractivity contribution >= 4 is 46.3 Å². The van der Waals surface area contributed by atoms with E-state index in [2.05, 4.69) is 10.6 Å². The van der Waals surface area contributed by atoms with Crippen LogP contribution in [0.5, 0.6) is 23.0 Å². The van der Waals surface area contributed by atoms with Crippen molar-refractivity contribution in [2.24, 2.45) is 0 Å². The maximum Gasteiger partial charge on any atom is 0.360 e. The molecule has 0 radical (unpaired) electrons. The molecule has 10 heteroatoms. The Morgan fingerprint density at radius 1 is 0.683 bits per heavy atom. The minimum absolute atomic E-state index is 0.0572. The topological polar surface area (TPSA) is 125 Å². The second-order valence-corrected chi connectivity index (χ2v) is 8.56. The summed E-state index contributed by atoms with van der Waals surface area (Å²) < 4.78 is 26.4. The highest BCUT2D eigenvalue weighted by Gasteiger charge is 2.10. The lowest BCUT2D eigenvalue weighted by molar-refractivity contribution is -0.112. The van der Waals surface area contributed by atoms with Gasteiger partial charge in [0.1, 0.15) is 34.3 Å². The van der Waals surface area contributed by atoms with E-state index in [-0.39, 0.29) is 5.69 Å².